The van der Waals surface area contributed by atoms with E-state index in [1.807, 2.05) is 25.1 Å². The van der Waals surface area contributed by atoms with Gasteiger partial charge in [0.2, 0.25) is 5.88 Å². The molecule has 2 N–H and O–H groups in total. The lowest BCUT2D eigenvalue weighted by Crippen LogP contribution is -1.93. The molecule has 3 aromatic heterocycles. The normalized spacial score (nSPS) is 10.6. The smallest absolute Gasteiger partial charge is 0.255 e. The molecule has 8 nitrogen and oxygen atoms in total. The monoisotopic (exact) mass is 283 g/mol. The van der Waals surface area contributed by atoms with Gasteiger partial charge in [-0.2, -0.15) is 14.6 Å². The van der Waals surface area contributed by atoms with Crippen molar-refractivity contribution in [1.29, 1.82) is 0 Å². The molecule has 21 heavy (non-hydrogen) atoms. The molecule has 8 heteroatoms. The Morgan fingerprint density at radius 3 is 2.90 bits per heavy atom. The van der Waals surface area contributed by atoms with Crippen LogP contribution in [0, 0.1) is 13.8 Å². The molecule has 1 aromatic carbocycles. The number of nitrogens with one attached hydrogen (secondary N) is 1. The summed E-state index contributed by atoms with van der Waals surface area (Å²) in [6, 6.07) is 7.54. The molecular formula is C13H13N7O. The number of aryl methyl sites for hydroxylation is 2. The molecule has 0 aliphatic carbocycles. The molecular weight excluding hydrogens is 270 g/mol. The predicted octanol–water partition coefficient (Wildman–Crippen LogP) is 1.40. The van der Waals surface area contributed by atoms with Crippen molar-refractivity contribution in [2.45, 2.75) is 13.8 Å². The first-order valence-corrected chi connectivity index (χ1v) is 6.27. The van der Waals surface area contributed by atoms with E-state index in [1.54, 1.807) is 6.92 Å². The van der Waals surface area contributed by atoms with Crippen LogP contribution < -0.4 is 0 Å². The molecule has 4 aromatic rings. The van der Waals surface area contributed by atoms with Gasteiger partial charge in [-0.3, -0.25) is 5.10 Å². The molecule has 0 bridgehead atoms. The number of fused-ring (bicyclic) bond motifs is 2. The van der Waals surface area contributed by atoms with E-state index in [2.05, 4.69) is 30.5 Å². The maximum atomic E-state index is 9.26. The number of aromatic amines is 1. The fourth-order valence-electron chi connectivity index (χ4n) is 1.86. The van der Waals surface area contributed by atoms with Gasteiger partial charge < -0.3 is 5.11 Å². The van der Waals surface area contributed by atoms with Crippen molar-refractivity contribution in [3.05, 3.63) is 41.9 Å². The minimum atomic E-state index is 0.0602. The van der Waals surface area contributed by atoms with E-state index in [1.165, 1.54) is 22.5 Å². The highest BCUT2D eigenvalue weighted by Crippen LogP contribution is 2.09. The van der Waals surface area contributed by atoms with E-state index in [-0.39, 0.29) is 5.88 Å². The van der Waals surface area contributed by atoms with Crippen molar-refractivity contribution in [2.75, 3.05) is 0 Å². The van der Waals surface area contributed by atoms with Crippen LogP contribution in [-0.2, 0) is 0 Å². The lowest BCUT2D eigenvalue weighted by molar-refractivity contribution is 0.434. The SMILES string of the molecule is Cc1cc(O)n2ncnc2n1.Cc1ccc2[nH]nnc2c1. The topological polar surface area (TPSA) is 105 Å². The van der Waals surface area contributed by atoms with Crippen molar-refractivity contribution in [3.63, 3.8) is 0 Å². The van der Waals surface area contributed by atoms with Crippen LogP contribution in [0.15, 0.2) is 30.6 Å². The number of nitrogens with zero attached hydrogens (tertiary/aromatic N) is 6. The number of hydrogen-bond donors (Lipinski definition) is 2. The molecule has 0 spiro atoms. The molecule has 4 rings (SSSR count). The number of aromatic nitrogens is 7. The quantitative estimate of drug-likeness (QED) is 0.505. The van der Waals surface area contributed by atoms with E-state index in [4.69, 9.17) is 0 Å². The van der Waals surface area contributed by atoms with Gasteiger partial charge in [0.1, 0.15) is 11.8 Å². The van der Waals surface area contributed by atoms with Gasteiger partial charge in [-0.05, 0) is 31.5 Å². The van der Waals surface area contributed by atoms with Crippen molar-refractivity contribution in [2.24, 2.45) is 0 Å². The van der Waals surface area contributed by atoms with Gasteiger partial charge in [0.05, 0.1) is 5.52 Å². The largest absolute Gasteiger partial charge is 0.493 e. The maximum Gasteiger partial charge on any atom is 0.255 e. The van der Waals surface area contributed by atoms with Crippen LogP contribution in [0.1, 0.15) is 11.3 Å². The highest BCUT2D eigenvalue weighted by atomic mass is 16.3. The van der Waals surface area contributed by atoms with Gasteiger partial charge in [0, 0.05) is 11.8 Å². The molecule has 0 amide bonds. The van der Waals surface area contributed by atoms with Gasteiger partial charge in [0.25, 0.3) is 5.78 Å². The first-order valence-electron chi connectivity index (χ1n) is 6.27. The predicted molar refractivity (Wildman–Crippen MR) is 75.8 cm³/mol. The first kappa shape index (κ1) is 13.0. The lowest BCUT2D eigenvalue weighted by Gasteiger charge is -1.95. The molecule has 106 valence electrons. The Morgan fingerprint density at radius 2 is 2.05 bits per heavy atom. The molecule has 0 aliphatic rings. The number of H-pyrrole nitrogens is 1. The molecule has 0 aliphatic heterocycles. The minimum Gasteiger partial charge on any atom is -0.493 e. The maximum absolute atomic E-state index is 9.26. The highest BCUT2D eigenvalue weighted by Gasteiger charge is 2.01. The minimum absolute atomic E-state index is 0.0602. The van der Waals surface area contributed by atoms with Crippen LogP contribution in [0.3, 0.4) is 0 Å². The number of rotatable bonds is 0. The summed E-state index contributed by atoms with van der Waals surface area (Å²) in [5, 5.41) is 23.3. The highest BCUT2D eigenvalue weighted by molar-refractivity contribution is 5.73. The zero-order chi connectivity index (χ0) is 14.8. The summed E-state index contributed by atoms with van der Waals surface area (Å²) in [5.41, 5.74) is 3.86. The number of hydrogen-bond acceptors (Lipinski definition) is 6. The van der Waals surface area contributed by atoms with Crippen molar-refractivity contribution in [1.82, 2.24) is 35.0 Å². The molecule has 0 unspecified atom stereocenters. The van der Waals surface area contributed by atoms with Crippen LogP contribution in [0.2, 0.25) is 0 Å². The Labute approximate surface area is 119 Å². The first-order chi connectivity index (χ1) is 10.1. The third kappa shape index (κ3) is 2.64. The lowest BCUT2D eigenvalue weighted by atomic mass is 10.2. The molecule has 0 radical (unpaired) electrons. The zero-order valence-corrected chi connectivity index (χ0v) is 11.5. The standard InChI is InChI=1S/C7H7N3.C6H6N4O/c1-5-2-3-6-7(4-5)9-10-8-6;1-4-2-5(11)10-6(9-4)7-3-8-10/h2-4H,1H3,(H,8,9,10);2-3,11H,1H3. The number of benzene rings is 1. The van der Waals surface area contributed by atoms with Gasteiger partial charge >= 0.3 is 0 Å². The van der Waals surface area contributed by atoms with E-state index in [9.17, 15) is 5.11 Å². The van der Waals surface area contributed by atoms with Gasteiger partial charge in [-0.15, -0.1) is 5.10 Å². The Hall–Kier alpha value is -3.03. The third-order valence-electron chi connectivity index (χ3n) is 2.84. The molecule has 0 saturated carbocycles. The summed E-state index contributed by atoms with van der Waals surface area (Å²) in [5.74, 6) is 0.479. The second kappa shape index (κ2) is 5.16. The Kier molecular flexibility index (Phi) is 3.19. The summed E-state index contributed by atoms with van der Waals surface area (Å²) in [4.78, 5) is 7.85. The van der Waals surface area contributed by atoms with Crippen LogP contribution in [0.4, 0.5) is 0 Å². The molecule has 0 saturated heterocycles. The van der Waals surface area contributed by atoms with E-state index in [0.717, 1.165) is 16.7 Å². The fraction of sp³-hybridized carbons (Fsp3) is 0.154. The third-order valence-corrected chi connectivity index (χ3v) is 2.84. The second-order valence-electron chi connectivity index (χ2n) is 4.56. The fourth-order valence-corrected chi connectivity index (χ4v) is 1.86. The van der Waals surface area contributed by atoms with Crippen LogP contribution >= 0.6 is 0 Å². The number of aromatic hydroxyl groups is 1. The van der Waals surface area contributed by atoms with Crippen molar-refractivity contribution < 1.29 is 5.11 Å². The Balaban J connectivity index is 0.000000126. The van der Waals surface area contributed by atoms with Crippen molar-refractivity contribution >= 4 is 16.8 Å². The van der Waals surface area contributed by atoms with E-state index >= 15 is 0 Å². The summed E-state index contributed by atoms with van der Waals surface area (Å²) < 4.78 is 1.27. The van der Waals surface area contributed by atoms with Gasteiger partial charge in [-0.25, -0.2) is 4.98 Å². The van der Waals surface area contributed by atoms with Crippen LogP contribution in [-0.4, -0.2) is 40.1 Å². The zero-order valence-electron chi connectivity index (χ0n) is 11.5. The second-order valence-corrected chi connectivity index (χ2v) is 4.56. The average molecular weight is 283 g/mol. The van der Waals surface area contributed by atoms with Crippen LogP contribution in [0.5, 0.6) is 5.88 Å². The molecule has 0 atom stereocenters. The summed E-state index contributed by atoms with van der Waals surface area (Å²) in [7, 11) is 0. The van der Waals surface area contributed by atoms with Crippen molar-refractivity contribution in [3.8, 4) is 5.88 Å². The average Bonchev–Trinajstić information content (AvgIpc) is 3.06. The van der Waals surface area contributed by atoms with E-state index in [0.29, 0.717) is 5.78 Å². The van der Waals surface area contributed by atoms with Gasteiger partial charge in [-0.1, -0.05) is 11.3 Å². The Morgan fingerprint density at radius 1 is 1.19 bits per heavy atom. The summed E-state index contributed by atoms with van der Waals surface area (Å²) in [6.07, 6.45) is 1.35. The van der Waals surface area contributed by atoms with Crippen LogP contribution in [0.25, 0.3) is 16.8 Å². The Bertz CT molecular complexity index is 896. The summed E-state index contributed by atoms with van der Waals surface area (Å²) in [6.45, 7) is 3.82. The molecule has 3 heterocycles. The summed E-state index contributed by atoms with van der Waals surface area (Å²) >= 11 is 0. The molecule has 0 fully saturated rings. The van der Waals surface area contributed by atoms with E-state index < -0.39 is 0 Å². The van der Waals surface area contributed by atoms with Gasteiger partial charge in [0.15, 0.2) is 0 Å².